The van der Waals surface area contributed by atoms with Gasteiger partial charge in [-0.05, 0) is 36.1 Å². The van der Waals surface area contributed by atoms with Crippen molar-refractivity contribution in [1.29, 1.82) is 0 Å². The Bertz CT molecular complexity index is 850. The van der Waals surface area contributed by atoms with E-state index in [4.69, 9.17) is 0 Å². The minimum Gasteiger partial charge on any atom is -0.340 e. The zero-order valence-corrected chi connectivity index (χ0v) is 16.4. The Kier molecular flexibility index (Phi) is 6.57. The smallest absolute Gasteiger partial charge is 0.340 e. The summed E-state index contributed by atoms with van der Waals surface area (Å²) >= 11 is 0. The summed E-state index contributed by atoms with van der Waals surface area (Å²) in [6.07, 6.45) is 3.88. The molecule has 1 aliphatic rings. The summed E-state index contributed by atoms with van der Waals surface area (Å²) in [5, 5.41) is 0. The Labute approximate surface area is 164 Å². The number of amides is 1. The second kappa shape index (κ2) is 9.10. The third-order valence-corrected chi connectivity index (χ3v) is 5.26. The van der Waals surface area contributed by atoms with Crippen molar-refractivity contribution in [2.24, 2.45) is 5.92 Å². The van der Waals surface area contributed by atoms with Gasteiger partial charge >= 0.3 is 5.69 Å². The zero-order valence-electron chi connectivity index (χ0n) is 16.4. The highest BCUT2D eigenvalue weighted by atomic mass is 19.1. The molecule has 0 spiro atoms. The summed E-state index contributed by atoms with van der Waals surface area (Å²) in [6, 6.07) is 8.45. The highest BCUT2D eigenvalue weighted by molar-refractivity contribution is 5.76. The quantitative estimate of drug-likeness (QED) is 0.790. The van der Waals surface area contributed by atoms with E-state index in [1.54, 1.807) is 12.3 Å². The van der Waals surface area contributed by atoms with Crippen LogP contribution >= 0.6 is 0 Å². The molecule has 1 unspecified atom stereocenters. The fraction of sp³-hybridized carbons (Fsp3) is 0.476. The highest BCUT2D eigenvalue weighted by Crippen LogP contribution is 2.20. The van der Waals surface area contributed by atoms with Gasteiger partial charge in [0.2, 0.25) is 5.91 Å². The number of benzene rings is 1. The predicted octanol–water partition coefficient (Wildman–Crippen LogP) is 2.14. The fourth-order valence-corrected chi connectivity index (χ4v) is 3.70. The first kappa shape index (κ1) is 20.2. The van der Waals surface area contributed by atoms with Gasteiger partial charge in [0.25, 0.3) is 0 Å². The molecule has 2 heterocycles. The van der Waals surface area contributed by atoms with Gasteiger partial charge < -0.3 is 4.90 Å². The summed E-state index contributed by atoms with van der Waals surface area (Å²) in [6.45, 7) is 7.20. The third-order valence-electron chi connectivity index (χ3n) is 5.26. The molecule has 150 valence electrons. The van der Waals surface area contributed by atoms with Crippen LogP contribution in [-0.4, -0.2) is 50.9 Å². The van der Waals surface area contributed by atoms with Gasteiger partial charge in [-0.15, -0.1) is 0 Å². The highest BCUT2D eigenvalue weighted by Gasteiger charge is 2.29. The lowest BCUT2D eigenvalue weighted by molar-refractivity contribution is -0.132. The van der Waals surface area contributed by atoms with E-state index in [1.807, 2.05) is 17.0 Å². The first-order valence-electron chi connectivity index (χ1n) is 9.72. The first-order chi connectivity index (χ1) is 13.4. The van der Waals surface area contributed by atoms with Gasteiger partial charge in [-0.1, -0.05) is 26.0 Å². The van der Waals surface area contributed by atoms with E-state index < -0.39 is 5.69 Å². The van der Waals surface area contributed by atoms with Crippen LogP contribution < -0.4 is 5.69 Å². The summed E-state index contributed by atoms with van der Waals surface area (Å²) in [5.41, 5.74) is 0.651. The standard InChI is InChI=1S/C21H27FN4O2/c1-16(2)19-14-25(20(27)15-26-10-3-9-23-21(26)28)12-4-11-24(19)13-17-5-7-18(22)8-6-17/h3,5-10,16,19H,4,11-15H2,1-2H3. The van der Waals surface area contributed by atoms with Gasteiger partial charge in [-0.25, -0.2) is 14.2 Å². The molecule has 1 atom stereocenters. The lowest BCUT2D eigenvalue weighted by atomic mass is 10.0. The number of aromatic nitrogens is 2. The van der Waals surface area contributed by atoms with Gasteiger partial charge in [0.05, 0.1) is 0 Å². The molecular formula is C21H27FN4O2. The average Bonchev–Trinajstić information content (AvgIpc) is 2.88. The van der Waals surface area contributed by atoms with E-state index in [-0.39, 0.29) is 24.3 Å². The van der Waals surface area contributed by atoms with Gasteiger partial charge in [0.1, 0.15) is 12.4 Å². The van der Waals surface area contributed by atoms with Gasteiger partial charge in [0, 0.05) is 44.6 Å². The number of hydrogen-bond acceptors (Lipinski definition) is 4. The molecule has 6 nitrogen and oxygen atoms in total. The molecule has 3 rings (SSSR count). The van der Waals surface area contributed by atoms with E-state index in [9.17, 15) is 14.0 Å². The number of hydrogen-bond donors (Lipinski definition) is 0. The van der Waals surface area contributed by atoms with Crippen molar-refractivity contribution < 1.29 is 9.18 Å². The molecule has 0 N–H and O–H groups in total. The minimum atomic E-state index is -0.413. The predicted molar refractivity (Wildman–Crippen MR) is 105 cm³/mol. The summed E-state index contributed by atoms with van der Waals surface area (Å²) in [4.78, 5) is 32.6. The van der Waals surface area contributed by atoms with Crippen molar-refractivity contribution in [3.63, 3.8) is 0 Å². The van der Waals surface area contributed by atoms with Crippen molar-refractivity contribution in [3.05, 3.63) is 64.6 Å². The van der Waals surface area contributed by atoms with Crippen LogP contribution in [0.2, 0.25) is 0 Å². The van der Waals surface area contributed by atoms with E-state index in [1.165, 1.54) is 22.9 Å². The summed E-state index contributed by atoms with van der Waals surface area (Å²) in [7, 11) is 0. The number of nitrogens with zero attached hydrogens (tertiary/aromatic N) is 4. The second-order valence-corrected chi connectivity index (χ2v) is 7.63. The Morgan fingerprint density at radius 3 is 2.68 bits per heavy atom. The number of carbonyl (C=O) groups is 1. The van der Waals surface area contributed by atoms with Crippen LogP contribution in [0.1, 0.15) is 25.8 Å². The normalized spacial score (nSPS) is 18.3. The number of carbonyl (C=O) groups excluding carboxylic acids is 1. The lowest BCUT2D eigenvalue weighted by Crippen LogP contribution is -2.46. The van der Waals surface area contributed by atoms with E-state index in [0.29, 0.717) is 19.0 Å². The minimum absolute atomic E-state index is 0.00938. The Morgan fingerprint density at radius 2 is 2.00 bits per heavy atom. The maximum Gasteiger partial charge on any atom is 0.347 e. The van der Waals surface area contributed by atoms with Crippen molar-refractivity contribution in [2.45, 2.75) is 39.4 Å². The Hall–Kier alpha value is -2.54. The van der Waals surface area contributed by atoms with Crippen LogP contribution in [0.25, 0.3) is 0 Å². The van der Waals surface area contributed by atoms with E-state index in [2.05, 4.69) is 23.7 Å². The molecule has 2 aromatic rings. The second-order valence-electron chi connectivity index (χ2n) is 7.63. The Morgan fingerprint density at radius 1 is 1.25 bits per heavy atom. The van der Waals surface area contributed by atoms with E-state index >= 15 is 0 Å². The molecule has 1 aromatic heterocycles. The van der Waals surface area contributed by atoms with Gasteiger partial charge in [-0.2, -0.15) is 0 Å². The molecule has 1 amide bonds. The molecule has 7 heteroatoms. The zero-order chi connectivity index (χ0) is 20.1. The molecule has 0 radical (unpaired) electrons. The van der Waals surface area contributed by atoms with Gasteiger partial charge in [-0.3, -0.25) is 14.3 Å². The molecule has 1 aromatic carbocycles. The van der Waals surface area contributed by atoms with Crippen molar-refractivity contribution in [1.82, 2.24) is 19.4 Å². The van der Waals surface area contributed by atoms with Crippen molar-refractivity contribution in [2.75, 3.05) is 19.6 Å². The van der Waals surface area contributed by atoms with Crippen LogP contribution in [-0.2, 0) is 17.9 Å². The molecule has 0 aliphatic carbocycles. The van der Waals surface area contributed by atoms with E-state index in [0.717, 1.165) is 25.1 Å². The topological polar surface area (TPSA) is 58.4 Å². The third kappa shape index (κ3) is 5.04. The van der Waals surface area contributed by atoms with Crippen molar-refractivity contribution >= 4 is 5.91 Å². The number of rotatable bonds is 5. The number of halogens is 1. The van der Waals surface area contributed by atoms with Crippen LogP contribution in [0.3, 0.4) is 0 Å². The molecule has 1 saturated heterocycles. The SMILES string of the molecule is CC(C)C1CN(C(=O)Cn2cccnc2=O)CCCN1Cc1ccc(F)cc1. The average molecular weight is 386 g/mol. The van der Waals surface area contributed by atoms with Gasteiger partial charge in [0.15, 0.2) is 0 Å². The molecule has 0 bridgehead atoms. The fourth-order valence-electron chi connectivity index (χ4n) is 3.70. The lowest BCUT2D eigenvalue weighted by Gasteiger charge is -2.34. The summed E-state index contributed by atoms with van der Waals surface area (Å²) in [5.74, 6) is 0.0572. The monoisotopic (exact) mass is 386 g/mol. The van der Waals surface area contributed by atoms with Crippen LogP contribution in [0, 0.1) is 11.7 Å². The molecular weight excluding hydrogens is 359 g/mol. The molecule has 28 heavy (non-hydrogen) atoms. The largest absolute Gasteiger partial charge is 0.347 e. The van der Waals surface area contributed by atoms with Crippen LogP contribution in [0.4, 0.5) is 4.39 Å². The molecule has 1 aliphatic heterocycles. The maximum atomic E-state index is 13.2. The Balaban J connectivity index is 1.71. The maximum absolute atomic E-state index is 13.2. The molecule has 0 saturated carbocycles. The van der Waals surface area contributed by atoms with Crippen LogP contribution in [0.5, 0.6) is 0 Å². The molecule has 1 fully saturated rings. The van der Waals surface area contributed by atoms with Crippen LogP contribution in [0.15, 0.2) is 47.5 Å². The summed E-state index contributed by atoms with van der Waals surface area (Å²) < 4.78 is 14.5. The first-order valence-corrected chi connectivity index (χ1v) is 9.72. The van der Waals surface area contributed by atoms with Crippen molar-refractivity contribution in [3.8, 4) is 0 Å².